The van der Waals surface area contributed by atoms with Crippen molar-refractivity contribution in [3.8, 4) is 11.3 Å². The molecule has 0 amide bonds. The minimum absolute atomic E-state index is 0.664. The van der Waals surface area contributed by atoms with Crippen molar-refractivity contribution in [2.45, 2.75) is 13.5 Å². The van der Waals surface area contributed by atoms with Gasteiger partial charge in [0.15, 0.2) is 4.80 Å². The zero-order chi connectivity index (χ0) is 16.1. The Morgan fingerprint density at radius 3 is 2.48 bits per heavy atom. The molecular weight excluding hydrogens is 304 g/mol. The molecule has 2 aromatic carbocycles. The van der Waals surface area contributed by atoms with E-state index >= 15 is 0 Å². The van der Waals surface area contributed by atoms with Crippen LogP contribution in [-0.2, 0) is 11.3 Å². The predicted octanol–water partition coefficient (Wildman–Crippen LogP) is 4.40. The third-order valence-electron chi connectivity index (χ3n) is 3.64. The minimum atomic E-state index is 0.664. The number of rotatable bonds is 5. The number of thiazole rings is 1. The first kappa shape index (κ1) is 15.7. The van der Waals surface area contributed by atoms with Gasteiger partial charge >= 0.3 is 0 Å². The van der Waals surface area contributed by atoms with Crippen molar-refractivity contribution in [2.75, 3.05) is 13.7 Å². The molecule has 1 aromatic heterocycles. The molecule has 118 valence electrons. The number of hydrogen-bond donors (Lipinski definition) is 0. The van der Waals surface area contributed by atoms with E-state index in [0.29, 0.717) is 6.61 Å². The number of benzene rings is 2. The highest BCUT2D eigenvalue weighted by Crippen LogP contribution is 2.21. The number of para-hydroxylation sites is 1. The first-order chi connectivity index (χ1) is 11.3. The van der Waals surface area contributed by atoms with Crippen LogP contribution in [0.15, 0.2) is 65.0 Å². The third kappa shape index (κ3) is 3.78. The van der Waals surface area contributed by atoms with E-state index in [1.165, 1.54) is 16.8 Å². The zero-order valence-corrected chi connectivity index (χ0v) is 14.2. The van der Waals surface area contributed by atoms with Crippen molar-refractivity contribution >= 4 is 17.0 Å². The van der Waals surface area contributed by atoms with Gasteiger partial charge in [-0.2, -0.15) is 0 Å². The lowest BCUT2D eigenvalue weighted by Gasteiger charge is -2.09. The van der Waals surface area contributed by atoms with Crippen molar-refractivity contribution < 1.29 is 4.74 Å². The van der Waals surface area contributed by atoms with Crippen LogP contribution in [0.5, 0.6) is 0 Å². The molecule has 3 rings (SSSR count). The van der Waals surface area contributed by atoms with Crippen LogP contribution in [-0.4, -0.2) is 18.3 Å². The standard InChI is InChI=1S/C19H20N2OS/c1-15-8-10-16(11-9-15)18-14-23-19(21(18)12-13-22-2)20-17-6-4-3-5-7-17/h3-11,14H,12-13H2,1-2H3. The van der Waals surface area contributed by atoms with Gasteiger partial charge in [0.05, 0.1) is 18.0 Å². The number of aromatic nitrogens is 1. The number of aryl methyl sites for hydroxylation is 1. The van der Waals surface area contributed by atoms with Crippen molar-refractivity contribution in [2.24, 2.45) is 4.99 Å². The molecule has 0 aliphatic rings. The zero-order valence-electron chi connectivity index (χ0n) is 13.4. The van der Waals surface area contributed by atoms with Crippen molar-refractivity contribution in [1.82, 2.24) is 4.57 Å². The smallest absolute Gasteiger partial charge is 0.190 e. The SMILES string of the molecule is COCCn1c(-c2ccc(C)cc2)csc1=Nc1ccccc1. The second-order valence-electron chi connectivity index (χ2n) is 5.36. The van der Waals surface area contributed by atoms with Gasteiger partial charge in [-0.05, 0) is 24.6 Å². The molecular formula is C19H20N2OS. The van der Waals surface area contributed by atoms with Crippen molar-refractivity contribution in [3.05, 3.63) is 70.3 Å². The molecule has 0 aliphatic heterocycles. The summed E-state index contributed by atoms with van der Waals surface area (Å²) in [6.45, 7) is 3.55. The molecule has 23 heavy (non-hydrogen) atoms. The summed E-state index contributed by atoms with van der Waals surface area (Å²) in [6, 6.07) is 18.7. The van der Waals surface area contributed by atoms with Crippen LogP contribution in [0.3, 0.4) is 0 Å². The maximum absolute atomic E-state index is 5.27. The van der Waals surface area contributed by atoms with E-state index in [4.69, 9.17) is 9.73 Å². The van der Waals surface area contributed by atoms with E-state index in [9.17, 15) is 0 Å². The molecule has 0 radical (unpaired) electrons. The lowest BCUT2D eigenvalue weighted by Crippen LogP contribution is -2.18. The average molecular weight is 324 g/mol. The molecule has 0 N–H and O–H groups in total. The van der Waals surface area contributed by atoms with Gasteiger partial charge < -0.3 is 9.30 Å². The topological polar surface area (TPSA) is 26.5 Å². The second-order valence-corrected chi connectivity index (χ2v) is 6.20. The molecule has 4 heteroatoms. The van der Waals surface area contributed by atoms with Crippen LogP contribution >= 0.6 is 11.3 Å². The molecule has 0 bridgehead atoms. The molecule has 0 aliphatic carbocycles. The van der Waals surface area contributed by atoms with Gasteiger partial charge in [0, 0.05) is 19.0 Å². The summed E-state index contributed by atoms with van der Waals surface area (Å²) in [6.07, 6.45) is 0. The van der Waals surface area contributed by atoms with E-state index in [2.05, 4.69) is 41.1 Å². The summed E-state index contributed by atoms with van der Waals surface area (Å²) >= 11 is 1.66. The van der Waals surface area contributed by atoms with Gasteiger partial charge in [-0.25, -0.2) is 4.99 Å². The molecule has 0 fully saturated rings. The van der Waals surface area contributed by atoms with Crippen LogP contribution < -0.4 is 4.80 Å². The Morgan fingerprint density at radius 1 is 1.04 bits per heavy atom. The second kappa shape index (κ2) is 7.40. The van der Waals surface area contributed by atoms with Gasteiger partial charge in [-0.1, -0.05) is 48.0 Å². The molecule has 3 nitrogen and oxygen atoms in total. The highest BCUT2D eigenvalue weighted by Gasteiger charge is 2.08. The fourth-order valence-electron chi connectivity index (χ4n) is 2.39. The lowest BCUT2D eigenvalue weighted by atomic mass is 10.1. The minimum Gasteiger partial charge on any atom is -0.383 e. The van der Waals surface area contributed by atoms with E-state index in [0.717, 1.165) is 17.0 Å². The molecule has 0 saturated heterocycles. The van der Waals surface area contributed by atoms with Crippen LogP contribution in [0.4, 0.5) is 5.69 Å². The summed E-state index contributed by atoms with van der Waals surface area (Å²) in [5.74, 6) is 0. The first-order valence-corrected chi connectivity index (χ1v) is 8.50. The fourth-order valence-corrected chi connectivity index (χ4v) is 3.34. The van der Waals surface area contributed by atoms with Gasteiger partial charge in [-0.15, -0.1) is 11.3 Å². The summed E-state index contributed by atoms with van der Waals surface area (Å²) in [7, 11) is 1.73. The maximum Gasteiger partial charge on any atom is 0.190 e. The predicted molar refractivity (Wildman–Crippen MR) is 96.0 cm³/mol. The van der Waals surface area contributed by atoms with E-state index < -0.39 is 0 Å². The number of ether oxygens (including phenoxy) is 1. The van der Waals surface area contributed by atoms with Gasteiger partial charge in [0.2, 0.25) is 0 Å². The van der Waals surface area contributed by atoms with Crippen molar-refractivity contribution in [1.29, 1.82) is 0 Å². The van der Waals surface area contributed by atoms with Crippen molar-refractivity contribution in [3.63, 3.8) is 0 Å². The number of methoxy groups -OCH3 is 1. The number of hydrogen-bond acceptors (Lipinski definition) is 3. The van der Waals surface area contributed by atoms with Crippen LogP contribution in [0.25, 0.3) is 11.3 Å². The fraction of sp³-hybridized carbons (Fsp3) is 0.211. The first-order valence-electron chi connectivity index (χ1n) is 7.62. The van der Waals surface area contributed by atoms with Crippen LogP contribution in [0, 0.1) is 6.92 Å². The normalized spacial score (nSPS) is 11.8. The Labute approximate surface area is 140 Å². The molecule has 0 atom stereocenters. The quantitative estimate of drug-likeness (QED) is 0.683. The maximum atomic E-state index is 5.27. The Kier molecular flexibility index (Phi) is 5.05. The Morgan fingerprint density at radius 2 is 1.78 bits per heavy atom. The molecule has 0 unspecified atom stereocenters. The largest absolute Gasteiger partial charge is 0.383 e. The van der Waals surface area contributed by atoms with Crippen LogP contribution in [0.1, 0.15) is 5.56 Å². The third-order valence-corrected chi connectivity index (χ3v) is 4.51. The monoisotopic (exact) mass is 324 g/mol. The van der Waals surface area contributed by atoms with Gasteiger partial charge in [0.25, 0.3) is 0 Å². The number of nitrogens with zero attached hydrogens (tertiary/aromatic N) is 2. The summed E-state index contributed by atoms with van der Waals surface area (Å²) < 4.78 is 7.50. The van der Waals surface area contributed by atoms with E-state index in [1.807, 2.05) is 30.3 Å². The molecule has 3 aromatic rings. The summed E-state index contributed by atoms with van der Waals surface area (Å²) in [5.41, 5.74) is 4.62. The van der Waals surface area contributed by atoms with Gasteiger partial charge in [0.1, 0.15) is 0 Å². The molecule has 0 saturated carbocycles. The molecule has 1 heterocycles. The lowest BCUT2D eigenvalue weighted by molar-refractivity contribution is 0.187. The van der Waals surface area contributed by atoms with E-state index in [1.54, 1.807) is 18.4 Å². The highest BCUT2D eigenvalue weighted by atomic mass is 32.1. The Hall–Kier alpha value is -2.17. The Bertz CT molecular complexity index is 817. The highest BCUT2D eigenvalue weighted by molar-refractivity contribution is 7.07. The average Bonchev–Trinajstić information content (AvgIpc) is 2.97. The summed E-state index contributed by atoms with van der Waals surface area (Å²) in [5, 5.41) is 2.17. The summed E-state index contributed by atoms with van der Waals surface area (Å²) in [4.78, 5) is 5.77. The van der Waals surface area contributed by atoms with Gasteiger partial charge in [-0.3, -0.25) is 0 Å². The van der Waals surface area contributed by atoms with Crippen LogP contribution in [0.2, 0.25) is 0 Å². The molecule has 0 spiro atoms. The van der Waals surface area contributed by atoms with E-state index in [-0.39, 0.29) is 0 Å². The Balaban J connectivity index is 2.07.